The normalized spacial score (nSPS) is 28.6. The molecule has 0 bridgehead atoms. The average molecular weight is 242 g/mol. The van der Waals surface area contributed by atoms with E-state index in [4.69, 9.17) is 10.5 Å². The fraction of sp³-hybridized carbons (Fsp3) is 0.923. The van der Waals surface area contributed by atoms with E-state index in [1.165, 1.54) is 0 Å². The van der Waals surface area contributed by atoms with Crippen molar-refractivity contribution in [2.24, 2.45) is 17.1 Å². The van der Waals surface area contributed by atoms with Crippen molar-refractivity contribution in [3.63, 3.8) is 0 Å². The van der Waals surface area contributed by atoms with E-state index in [1.807, 2.05) is 0 Å². The number of nitrogens with two attached hydrogens (primary N) is 1. The van der Waals surface area contributed by atoms with Crippen molar-refractivity contribution in [1.82, 2.24) is 5.32 Å². The number of amides is 1. The summed E-state index contributed by atoms with van der Waals surface area (Å²) in [7, 11) is 1.72. The van der Waals surface area contributed by atoms with Gasteiger partial charge in [-0.15, -0.1) is 0 Å². The van der Waals surface area contributed by atoms with Crippen LogP contribution in [0.5, 0.6) is 0 Å². The zero-order valence-corrected chi connectivity index (χ0v) is 11.6. The molecular weight excluding hydrogens is 216 g/mol. The van der Waals surface area contributed by atoms with Gasteiger partial charge in [0.05, 0.1) is 12.1 Å². The van der Waals surface area contributed by atoms with Crippen molar-refractivity contribution in [3.8, 4) is 0 Å². The van der Waals surface area contributed by atoms with Gasteiger partial charge in [-0.05, 0) is 18.8 Å². The van der Waals surface area contributed by atoms with Crippen molar-refractivity contribution >= 4 is 5.91 Å². The first-order valence-corrected chi connectivity index (χ1v) is 6.37. The lowest BCUT2D eigenvalue weighted by Gasteiger charge is -2.51. The summed E-state index contributed by atoms with van der Waals surface area (Å²) < 4.78 is 5.36. The molecule has 0 aromatic heterocycles. The van der Waals surface area contributed by atoms with Crippen molar-refractivity contribution in [2.45, 2.75) is 58.7 Å². The van der Waals surface area contributed by atoms with Crippen LogP contribution in [-0.4, -0.2) is 31.2 Å². The lowest BCUT2D eigenvalue weighted by atomic mass is 9.64. The number of hydrogen-bond donors (Lipinski definition) is 2. The van der Waals surface area contributed by atoms with Gasteiger partial charge in [0.2, 0.25) is 5.91 Å². The second kappa shape index (κ2) is 5.36. The Balaban J connectivity index is 2.43. The highest BCUT2D eigenvalue weighted by molar-refractivity contribution is 5.82. The predicted molar refractivity (Wildman–Crippen MR) is 68.6 cm³/mol. The molecule has 1 amide bonds. The highest BCUT2D eigenvalue weighted by atomic mass is 16.5. The maximum absolute atomic E-state index is 11.9. The summed E-state index contributed by atoms with van der Waals surface area (Å²) in [4.78, 5) is 11.9. The molecule has 1 fully saturated rings. The topological polar surface area (TPSA) is 64.3 Å². The molecule has 0 aliphatic heterocycles. The van der Waals surface area contributed by atoms with E-state index in [0.717, 1.165) is 12.8 Å². The molecular formula is C13H26N2O2. The number of rotatable bonds is 5. The highest BCUT2D eigenvalue weighted by Crippen LogP contribution is 2.42. The summed E-state index contributed by atoms with van der Waals surface area (Å²) in [5, 5.41) is 3.03. The van der Waals surface area contributed by atoms with Gasteiger partial charge in [0.1, 0.15) is 0 Å². The molecule has 0 saturated heterocycles. The summed E-state index contributed by atoms with van der Waals surface area (Å²) in [6.07, 6.45) is 1.84. The molecule has 0 radical (unpaired) electrons. The van der Waals surface area contributed by atoms with Gasteiger partial charge in [-0.2, -0.15) is 0 Å². The van der Waals surface area contributed by atoms with Crippen molar-refractivity contribution in [1.29, 1.82) is 0 Å². The molecule has 1 saturated carbocycles. The highest BCUT2D eigenvalue weighted by Gasteiger charge is 2.49. The number of carbonyl (C=O) groups is 1. The smallest absolute Gasteiger partial charge is 0.237 e. The number of hydrogen-bond acceptors (Lipinski definition) is 3. The second-order valence-corrected chi connectivity index (χ2v) is 6.08. The summed E-state index contributed by atoms with van der Waals surface area (Å²) in [5.74, 6) is 0.406. The van der Waals surface area contributed by atoms with E-state index in [1.54, 1.807) is 7.11 Å². The Morgan fingerprint density at radius 3 is 2.53 bits per heavy atom. The molecule has 4 heteroatoms. The number of ether oxygens (including phenoxy) is 1. The van der Waals surface area contributed by atoms with Crippen LogP contribution in [0.3, 0.4) is 0 Å². The van der Waals surface area contributed by atoms with Gasteiger partial charge in [-0.3, -0.25) is 4.79 Å². The average Bonchev–Trinajstić information content (AvgIpc) is 2.22. The largest absolute Gasteiger partial charge is 0.381 e. The minimum Gasteiger partial charge on any atom is -0.381 e. The van der Waals surface area contributed by atoms with Gasteiger partial charge >= 0.3 is 0 Å². The molecule has 1 rings (SSSR count). The molecule has 17 heavy (non-hydrogen) atoms. The third-order valence-electron chi connectivity index (χ3n) is 3.84. The Labute approximate surface area is 104 Å². The van der Waals surface area contributed by atoms with Crippen molar-refractivity contribution in [3.05, 3.63) is 0 Å². The fourth-order valence-corrected chi connectivity index (χ4v) is 2.42. The van der Waals surface area contributed by atoms with E-state index in [-0.39, 0.29) is 23.5 Å². The zero-order chi connectivity index (χ0) is 13.2. The molecule has 2 unspecified atom stereocenters. The van der Waals surface area contributed by atoms with E-state index in [9.17, 15) is 4.79 Å². The van der Waals surface area contributed by atoms with Gasteiger partial charge in [0.15, 0.2) is 0 Å². The van der Waals surface area contributed by atoms with Gasteiger partial charge in [0.25, 0.3) is 0 Å². The van der Waals surface area contributed by atoms with Crippen LogP contribution in [0.4, 0.5) is 0 Å². The molecule has 3 atom stereocenters. The fourth-order valence-electron chi connectivity index (χ4n) is 2.42. The van der Waals surface area contributed by atoms with Gasteiger partial charge in [-0.25, -0.2) is 0 Å². The molecule has 4 nitrogen and oxygen atoms in total. The first-order valence-electron chi connectivity index (χ1n) is 6.37. The quantitative estimate of drug-likeness (QED) is 0.763. The van der Waals surface area contributed by atoms with E-state index in [2.05, 4.69) is 33.0 Å². The minimum absolute atomic E-state index is 0.00195. The zero-order valence-electron chi connectivity index (χ0n) is 11.6. The maximum Gasteiger partial charge on any atom is 0.237 e. The Hall–Kier alpha value is -0.610. The van der Waals surface area contributed by atoms with Crippen LogP contribution in [-0.2, 0) is 9.53 Å². The lowest BCUT2D eigenvalue weighted by Crippen LogP contribution is -2.63. The molecule has 1 aliphatic rings. The number of carbonyl (C=O) groups excluding carboxylic acids is 1. The van der Waals surface area contributed by atoms with E-state index < -0.39 is 6.04 Å². The third kappa shape index (κ3) is 3.19. The molecule has 0 spiro atoms. The monoisotopic (exact) mass is 242 g/mol. The van der Waals surface area contributed by atoms with Crippen LogP contribution in [0.1, 0.15) is 40.5 Å². The van der Waals surface area contributed by atoms with E-state index in [0.29, 0.717) is 5.92 Å². The van der Waals surface area contributed by atoms with Gasteiger partial charge < -0.3 is 15.8 Å². The van der Waals surface area contributed by atoms with Crippen molar-refractivity contribution < 1.29 is 9.53 Å². The third-order valence-corrected chi connectivity index (χ3v) is 3.84. The van der Waals surface area contributed by atoms with Crippen molar-refractivity contribution in [2.75, 3.05) is 7.11 Å². The van der Waals surface area contributed by atoms with Crippen LogP contribution < -0.4 is 11.1 Å². The predicted octanol–water partition coefficient (Wildman–Crippen LogP) is 1.29. The summed E-state index contributed by atoms with van der Waals surface area (Å²) >= 11 is 0. The Morgan fingerprint density at radius 2 is 2.12 bits per heavy atom. The summed E-state index contributed by atoms with van der Waals surface area (Å²) in [6.45, 7) is 8.37. The first-order chi connectivity index (χ1) is 7.78. The van der Waals surface area contributed by atoms with Crippen LogP contribution in [0, 0.1) is 11.3 Å². The second-order valence-electron chi connectivity index (χ2n) is 6.08. The van der Waals surface area contributed by atoms with Crippen LogP contribution in [0.25, 0.3) is 0 Å². The van der Waals surface area contributed by atoms with Crippen LogP contribution >= 0.6 is 0 Å². The molecule has 3 N–H and O–H groups in total. The first kappa shape index (κ1) is 14.5. The maximum atomic E-state index is 11.9. The summed E-state index contributed by atoms with van der Waals surface area (Å²) in [6, 6.07) is -0.217. The molecule has 0 aromatic carbocycles. The van der Waals surface area contributed by atoms with Crippen LogP contribution in [0.15, 0.2) is 0 Å². The molecule has 0 heterocycles. The van der Waals surface area contributed by atoms with Crippen LogP contribution in [0.2, 0.25) is 0 Å². The van der Waals surface area contributed by atoms with Gasteiger partial charge in [-0.1, -0.05) is 27.7 Å². The Morgan fingerprint density at radius 1 is 1.53 bits per heavy atom. The molecule has 1 aliphatic carbocycles. The minimum atomic E-state index is -0.396. The number of methoxy groups -OCH3 is 1. The standard InChI is InChI=1S/C13H26N2O2/c1-8(2)6-9(14)12(16)15-10-7-11(17-5)13(10,3)4/h8-11H,6-7,14H2,1-5H3,(H,15,16)/t9-,10?,11?/m0/s1. The SMILES string of the molecule is COC1CC(NC(=O)[C@@H](N)CC(C)C)C1(C)C. The Bertz CT molecular complexity index is 277. The van der Waals surface area contributed by atoms with E-state index >= 15 is 0 Å². The molecule has 100 valence electrons. The van der Waals surface area contributed by atoms with Gasteiger partial charge in [0, 0.05) is 18.6 Å². The Kier molecular flexibility index (Phi) is 4.55. The summed E-state index contributed by atoms with van der Waals surface area (Å²) in [5.41, 5.74) is 5.86. The molecule has 0 aromatic rings. The lowest BCUT2D eigenvalue weighted by molar-refractivity contribution is -0.134. The number of nitrogens with one attached hydrogen (secondary N) is 1.